The van der Waals surface area contributed by atoms with Gasteiger partial charge in [-0.05, 0) is 88.7 Å². The zero-order valence-corrected chi connectivity index (χ0v) is 38.7. The molecule has 11 aromatic rings. The maximum Gasteiger partial charge on any atom is 0.416 e. The minimum Gasteiger partial charge on any atom is -0.309 e. The normalized spacial score (nSPS) is 12.5. The highest BCUT2D eigenvalue weighted by Gasteiger charge is 2.33. The number of aromatic nitrogens is 5. The van der Waals surface area contributed by atoms with Crippen LogP contribution in [0.15, 0.2) is 182 Å². The van der Waals surface area contributed by atoms with Gasteiger partial charge >= 0.3 is 6.18 Å². The van der Waals surface area contributed by atoms with Crippen LogP contribution in [-0.4, -0.2) is 24.1 Å². The molecule has 11 rings (SSSR count). The quantitative estimate of drug-likeness (QED) is 0.167. The van der Waals surface area contributed by atoms with Crippen molar-refractivity contribution < 1.29 is 13.2 Å². The number of para-hydroxylation sites is 2. The zero-order chi connectivity index (χ0) is 47.1. The molecule has 0 atom stereocenters. The van der Waals surface area contributed by atoms with E-state index in [2.05, 4.69) is 113 Å². The fourth-order valence-electron chi connectivity index (χ4n) is 9.54. The van der Waals surface area contributed by atoms with Crippen molar-refractivity contribution in [1.29, 1.82) is 0 Å². The fraction of sp³-hybridized carbons (Fsp3) is 0.150. The predicted octanol–water partition coefficient (Wildman–Crippen LogP) is 16.3. The van der Waals surface area contributed by atoms with E-state index in [4.69, 9.17) is 15.0 Å². The molecule has 334 valence electrons. The van der Waals surface area contributed by atoms with E-state index in [1.54, 1.807) is 6.07 Å². The van der Waals surface area contributed by atoms with Gasteiger partial charge in [-0.15, -0.1) is 0 Å². The molecule has 8 aromatic carbocycles. The minimum absolute atomic E-state index is 0.100. The third-order valence-electron chi connectivity index (χ3n) is 13.1. The lowest BCUT2D eigenvalue weighted by Crippen LogP contribution is -2.11. The molecule has 3 heterocycles. The number of fused-ring (bicyclic) bond motifs is 6. The molecule has 0 aliphatic carbocycles. The first-order valence-electron chi connectivity index (χ1n) is 22.9. The van der Waals surface area contributed by atoms with Crippen molar-refractivity contribution in [3.8, 4) is 56.7 Å². The summed E-state index contributed by atoms with van der Waals surface area (Å²) in [6.07, 6.45) is -4.61. The van der Waals surface area contributed by atoms with E-state index in [9.17, 15) is 0 Å². The van der Waals surface area contributed by atoms with Gasteiger partial charge in [0.2, 0.25) is 0 Å². The summed E-state index contributed by atoms with van der Waals surface area (Å²) >= 11 is 0. The largest absolute Gasteiger partial charge is 0.416 e. The number of halogens is 3. The Bertz CT molecular complexity index is 3680. The molecule has 3 aromatic heterocycles. The second-order valence-corrected chi connectivity index (χ2v) is 19.7. The Morgan fingerprint density at radius 1 is 0.338 bits per heavy atom. The Balaban J connectivity index is 1.26. The Morgan fingerprint density at radius 3 is 1.25 bits per heavy atom. The van der Waals surface area contributed by atoms with E-state index >= 15 is 13.2 Å². The molecule has 0 N–H and O–H groups in total. The number of hydrogen-bond donors (Lipinski definition) is 0. The Hall–Kier alpha value is -7.84. The van der Waals surface area contributed by atoms with E-state index in [1.165, 1.54) is 17.7 Å². The third kappa shape index (κ3) is 7.41. The van der Waals surface area contributed by atoms with Crippen LogP contribution in [0.4, 0.5) is 13.2 Å². The first-order valence-corrected chi connectivity index (χ1v) is 22.9. The summed E-state index contributed by atoms with van der Waals surface area (Å²) in [4.78, 5) is 15.2. The summed E-state index contributed by atoms with van der Waals surface area (Å²) in [5.41, 5.74) is 9.74. The lowest BCUT2D eigenvalue weighted by Gasteiger charge is -2.22. The summed E-state index contributed by atoms with van der Waals surface area (Å²) in [6.45, 7) is 13.1. The monoisotopic (exact) mass is 895 g/mol. The van der Waals surface area contributed by atoms with Crippen molar-refractivity contribution in [3.63, 3.8) is 0 Å². The summed E-state index contributed by atoms with van der Waals surface area (Å²) in [5.74, 6) is 1.45. The van der Waals surface area contributed by atoms with Crippen LogP contribution < -0.4 is 0 Å². The van der Waals surface area contributed by atoms with E-state index in [0.717, 1.165) is 66.0 Å². The molecule has 8 heteroatoms. The lowest BCUT2D eigenvalue weighted by molar-refractivity contribution is -0.137. The molecule has 5 nitrogen and oxygen atoms in total. The average molecular weight is 896 g/mol. The van der Waals surface area contributed by atoms with Gasteiger partial charge < -0.3 is 9.13 Å². The molecule has 0 fully saturated rings. The van der Waals surface area contributed by atoms with Gasteiger partial charge in [-0.2, -0.15) is 13.2 Å². The van der Waals surface area contributed by atoms with Crippen LogP contribution in [0, 0.1) is 0 Å². The second kappa shape index (κ2) is 15.9. The molecule has 0 aliphatic rings. The molecule has 0 aliphatic heterocycles. The lowest BCUT2D eigenvalue weighted by atomic mass is 9.86. The van der Waals surface area contributed by atoms with Gasteiger partial charge in [0, 0.05) is 49.4 Å². The smallest absolute Gasteiger partial charge is 0.309 e. The Morgan fingerprint density at radius 2 is 0.765 bits per heavy atom. The maximum absolute atomic E-state index is 15.1. The number of nitrogens with zero attached hydrogens (tertiary/aromatic N) is 5. The van der Waals surface area contributed by atoms with Gasteiger partial charge in [0.25, 0.3) is 0 Å². The van der Waals surface area contributed by atoms with Gasteiger partial charge in [0.05, 0.1) is 39.0 Å². The topological polar surface area (TPSA) is 48.5 Å². The van der Waals surface area contributed by atoms with Gasteiger partial charge in [-0.3, -0.25) is 0 Å². The van der Waals surface area contributed by atoms with Crippen LogP contribution in [0.25, 0.3) is 100 Å². The van der Waals surface area contributed by atoms with Crippen molar-refractivity contribution in [2.45, 2.75) is 58.5 Å². The summed E-state index contributed by atoms with van der Waals surface area (Å²) in [5, 5.41) is 4.08. The highest BCUT2D eigenvalue weighted by molar-refractivity contribution is 6.12. The molecule has 0 amide bonds. The number of hydrogen-bond acceptors (Lipinski definition) is 3. The van der Waals surface area contributed by atoms with Gasteiger partial charge in [-0.1, -0.05) is 157 Å². The highest BCUT2D eigenvalue weighted by atomic mass is 19.4. The SMILES string of the molecule is CC(C)(C)c1ccc2c(c1)c1ccccc1n2-c1ccc(-c2nc(-c3ccccc3)nc(-c3ccccc3)n2)cc1-c1ccc(C(F)(F)F)cc1-n1c2ccccc2c2cc(C(C)(C)C)ccc21. The molecule has 0 bridgehead atoms. The number of alkyl halides is 3. The molecule has 0 spiro atoms. The van der Waals surface area contributed by atoms with Gasteiger partial charge in [-0.25, -0.2) is 15.0 Å². The molecule has 0 radical (unpaired) electrons. The molecule has 68 heavy (non-hydrogen) atoms. The summed E-state index contributed by atoms with van der Waals surface area (Å²) in [6, 6.07) is 59.1. The maximum atomic E-state index is 15.1. The number of rotatable bonds is 6. The first-order chi connectivity index (χ1) is 32.6. The summed E-state index contributed by atoms with van der Waals surface area (Å²) in [7, 11) is 0. The predicted molar refractivity (Wildman–Crippen MR) is 273 cm³/mol. The Kier molecular flexibility index (Phi) is 10.0. The third-order valence-corrected chi connectivity index (χ3v) is 13.1. The van der Waals surface area contributed by atoms with Crippen molar-refractivity contribution in [2.24, 2.45) is 0 Å². The van der Waals surface area contributed by atoms with E-state index in [0.29, 0.717) is 39.9 Å². The van der Waals surface area contributed by atoms with Crippen molar-refractivity contribution >= 4 is 43.6 Å². The standard InChI is InChI=1S/C60H48F3N5/c1-58(2,3)40-27-31-52-47(34-40)43-21-13-15-23-49(43)67(52)51-30-25-39(57-65-55(37-17-9-7-10-18-37)64-56(66-57)38-19-11-8-12-20-38)33-46(51)45-29-26-42(60(61,62)63)36-54(45)68-50-24-16-14-22-44(50)48-35-41(59(4,5)6)28-32-53(48)68/h7-36H,1-6H3. The van der Waals surface area contributed by atoms with Gasteiger partial charge in [0.1, 0.15) is 0 Å². The van der Waals surface area contributed by atoms with E-state index in [1.807, 2.05) is 102 Å². The molecule has 0 saturated heterocycles. The van der Waals surface area contributed by atoms with Crippen molar-refractivity contribution in [3.05, 3.63) is 199 Å². The van der Waals surface area contributed by atoms with Crippen LogP contribution >= 0.6 is 0 Å². The van der Waals surface area contributed by atoms with Crippen LogP contribution in [-0.2, 0) is 17.0 Å². The first kappa shape index (κ1) is 42.8. The number of benzene rings is 8. The Labute approximate surface area is 393 Å². The van der Waals surface area contributed by atoms with E-state index in [-0.39, 0.29) is 10.8 Å². The molecule has 0 saturated carbocycles. The van der Waals surface area contributed by atoms with Crippen LogP contribution in [0.2, 0.25) is 0 Å². The molecular weight excluding hydrogens is 848 g/mol. The van der Waals surface area contributed by atoms with E-state index < -0.39 is 11.7 Å². The van der Waals surface area contributed by atoms with Crippen LogP contribution in [0.5, 0.6) is 0 Å². The zero-order valence-electron chi connectivity index (χ0n) is 38.7. The average Bonchev–Trinajstić information content (AvgIpc) is 3.85. The van der Waals surface area contributed by atoms with Gasteiger partial charge in [0.15, 0.2) is 17.5 Å². The van der Waals surface area contributed by atoms with Crippen LogP contribution in [0.3, 0.4) is 0 Å². The summed E-state index contributed by atoms with van der Waals surface area (Å²) < 4.78 is 49.6. The fourth-order valence-corrected chi connectivity index (χ4v) is 9.54. The minimum atomic E-state index is -4.61. The van der Waals surface area contributed by atoms with Crippen molar-refractivity contribution in [1.82, 2.24) is 24.1 Å². The molecular formula is C60H48F3N5. The highest BCUT2D eigenvalue weighted by Crippen LogP contribution is 2.45. The van der Waals surface area contributed by atoms with Crippen LogP contribution in [0.1, 0.15) is 58.2 Å². The van der Waals surface area contributed by atoms with Crippen molar-refractivity contribution in [2.75, 3.05) is 0 Å². The second-order valence-electron chi connectivity index (χ2n) is 19.7. The molecule has 0 unspecified atom stereocenters.